The van der Waals surface area contributed by atoms with Crippen LogP contribution in [0.4, 0.5) is 0 Å². The maximum absolute atomic E-state index is 14.3. The van der Waals surface area contributed by atoms with Gasteiger partial charge in [0.2, 0.25) is 41.4 Å². The van der Waals surface area contributed by atoms with Crippen LogP contribution in [-0.2, 0) is 44.8 Å². The molecule has 14 N–H and O–H groups in total. The lowest BCUT2D eigenvalue weighted by Crippen LogP contribution is -2.61. The van der Waals surface area contributed by atoms with Gasteiger partial charge in [-0.2, -0.15) is 4.68 Å². The molecule has 0 aliphatic carbocycles. The highest BCUT2D eigenvalue weighted by Crippen LogP contribution is 2.25. The van der Waals surface area contributed by atoms with Crippen LogP contribution in [0.25, 0.3) is 11.4 Å². The predicted octanol–water partition coefficient (Wildman–Crippen LogP) is -3.01. The molecule has 1 aliphatic rings. The van der Waals surface area contributed by atoms with Gasteiger partial charge < -0.3 is 58.7 Å². The molecule has 1 aliphatic heterocycles. The van der Waals surface area contributed by atoms with Crippen molar-refractivity contribution in [1.82, 2.24) is 40.9 Å². The number of carbonyl (C=O) groups excluding carboxylic acids is 7. The lowest BCUT2D eigenvalue weighted by Gasteiger charge is -2.29. The molecular formula is C41H51N11O13S2. The van der Waals surface area contributed by atoms with Crippen molar-refractivity contribution in [2.75, 3.05) is 18.1 Å². The van der Waals surface area contributed by atoms with E-state index in [1.807, 2.05) is 0 Å². The number of phenols is 1. The first kappa shape index (κ1) is 52.4. The molecule has 24 nitrogen and oxygen atoms in total. The molecule has 0 bridgehead atoms. The molecule has 2 heterocycles. The van der Waals surface area contributed by atoms with Gasteiger partial charge in [-0.25, -0.2) is 24.0 Å². The zero-order valence-electron chi connectivity index (χ0n) is 36.1. The Morgan fingerprint density at radius 3 is 2.10 bits per heavy atom. The Morgan fingerprint density at radius 1 is 0.851 bits per heavy atom. The molecule has 2 aromatic carbocycles. The number of hydrogen-bond acceptors (Lipinski definition) is 15. The fraction of sp³-hybridized carbons (Fsp3) is 0.415. The molecule has 360 valence electrons. The Morgan fingerprint density at radius 2 is 1.48 bits per heavy atom. The average Bonchev–Trinajstić information content (AvgIpc) is 3.58. The normalized spacial score (nSPS) is 21.8. The van der Waals surface area contributed by atoms with E-state index < -0.39 is 126 Å². The number of amides is 7. The van der Waals surface area contributed by atoms with Gasteiger partial charge in [0.25, 0.3) is 0 Å². The monoisotopic (exact) mass is 969 g/mol. The number of ether oxygens (including phenoxy) is 1. The number of terminal acetylenes is 1. The number of carboxylic acid groups (broad SMARTS) is 1. The van der Waals surface area contributed by atoms with Crippen LogP contribution in [-0.4, -0.2) is 126 Å². The first-order chi connectivity index (χ1) is 31.7. The molecular weight excluding hydrogens is 919 g/mol. The number of H-pyrrole nitrogens is 1. The summed E-state index contributed by atoms with van der Waals surface area (Å²) in [7, 11) is 1.86. The number of aliphatic carboxylic acids is 1. The summed E-state index contributed by atoms with van der Waals surface area (Å²) in [6, 6.07) is 0.492. The van der Waals surface area contributed by atoms with E-state index in [-0.39, 0.29) is 47.9 Å². The van der Waals surface area contributed by atoms with Crippen molar-refractivity contribution in [3.63, 3.8) is 0 Å². The number of rotatable bonds is 14. The smallest absolute Gasteiger partial charge is 0.356 e. The highest BCUT2D eigenvalue weighted by Gasteiger charge is 2.35. The Labute approximate surface area is 389 Å². The van der Waals surface area contributed by atoms with E-state index in [1.165, 1.54) is 42.5 Å². The molecule has 1 saturated heterocycles. The molecule has 1 aromatic heterocycles. The second-order valence-corrected chi connectivity index (χ2v) is 17.7. The molecule has 3 aromatic rings. The Balaban J connectivity index is 1.74. The number of benzene rings is 2. The van der Waals surface area contributed by atoms with E-state index in [9.17, 15) is 58.2 Å². The van der Waals surface area contributed by atoms with Crippen molar-refractivity contribution in [2.45, 2.75) is 82.2 Å². The van der Waals surface area contributed by atoms with Crippen molar-refractivity contribution >= 4 is 68.9 Å². The fourth-order valence-electron chi connectivity index (χ4n) is 6.40. The van der Waals surface area contributed by atoms with E-state index >= 15 is 0 Å². The highest BCUT2D eigenvalue weighted by molar-refractivity contribution is 8.76. The van der Waals surface area contributed by atoms with Crippen LogP contribution in [0.3, 0.4) is 0 Å². The Bertz CT molecular complexity index is 2500. The summed E-state index contributed by atoms with van der Waals surface area (Å²) < 4.78 is 6.91. The van der Waals surface area contributed by atoms with Crippen molar-refractivity contribution in [3.8, 4) is 35.2 Å². The molecule has 26 heteroatoms. The highest BCUT2D eigenvalue weighted by atomic mass is 33.1. The van der Waals surface area contributed by atoms with Gasteiger partial charge in [0, 0.05) is 24.3 Å². The third kappa shape index (κ3) is 14.6. The molecule has 0 radical (unpaired) electrons. The van der Waals surface area contributed by atoms with Crippen LogP contribution in [0.1, 0.15) is 45.1 Å². The number of carboxylic acids is 1. The third-order valence-corrected chi connectivity index (χ3v) is 12.7. The van der Waals surface area contributed by atoms with Gasteiger partial charge >= 0.3 is 17.3 Å². The maximum atomic E-state index is 14.3. The Kier molecular flexibility index (Phi) is 19.0. The van der Waals surface area contributed by atoms with Crippen molar-refractivity contribution in [1.29, 1.82) is 0 Å². The molecule has 67 heavy (non-hydrogen) atoms. The SMILES string of the molecule is C#CCOc1ccc(-n2c(=O)[nH]n(-c3cc(CC4NC(=O)C(N)CSSCC(C(=O)O)NC(=O)C(CC(N)=O)NC(=O)C(CCC(N)=O)NC(=O)C(C(C)CC)NC4=O)ccc3O)c2=O)cc1. The molecule has 4 rings (SSSR count). The minimum atomic E-state index is -1.73. The summed E-state index contributed by atoms with van der Waals surface area (Å²) in [6.07, 6.45) is 3.48. The largest absolute Gasteiger partial charge is 0.506 e. The fourth-order valence-corrected chi connectivity index (χ4v) is 8.68. The summed E-state index contributed by atoms with van der Waals surface area (Å²) in [6.45, 7) is 3.29. The van der Waals surface area contributed by atoms with Gasteiger partial charge in [-0.1, -0.05) is 53.8 Å². The number of nitrogens with two attached hydrogens (primary N) is 3. The molecule has 0 spiro atoms. The summed E-state index contributed by atoms with van der Waals surface area (Å²) >= 11 is 0. The Hall–Kier alpha value is -7.24. The van der Waals surface area contributed by atoms with Crippen LogP contribution >= 0.6 is 21.6 Å². The van der Waals surface area contributed by atoms with Crippen molar-refractivity contribution in [3.05, 3.63) is 69.0 Å². The van der Waals surface area contributed by atoms with Crippen LogP contribution in [0.5, 0.6) is 11.5 Å². The number of nitrogens with one attached hydrogen (secondary N) is 6. The third-order valence-electron chi connectivity index (χ3n) is 10.2. The number of aromatic nitrogens is 3. The zero-order valence-corrected chi connectivity index (χ0v) is 37.8. The first-order valence-corrected chi connectivity index (χ1v) is 23.0. The number of nitrogens with zero attached hydrogens (tertiary/aromatic N) is 2. The summed E-state index contributed by atoms with van der Waals surface area (Å²) in [4.78, 5) is 132. The van der Waals surface area contributed by atoms with Gasteiger partial charge in [-0.15, -0.1) is 6.42 Å². The minimum absolute atomic E-state index is 0.0152. The standard InChI is InChI=1S/C41H51N11O13S2/c1-4-14-65-23-9-7-22(8-10-23)51-40(63)50-52(41(51)64)29-16-21(6-12-30(29)53)15-26-37(59)49-33(20(3)5-2)38(60)45-25(11-13-31(43)54)35(57)47-27(17-32(44)55)36(58)48-28(39(61)62)19-67-66-18-24(42)34(56)46-26/h1,6-10,12,16,20,24-28,33,53H,5,11,13-15,17-19,42H2,2-3H3,(H2,43,54)(H2,44,55)(H,45,60)(H,46,56)(H,47,57)(H,48,58)(H,49,59)(H,50,63)(H,61,62). The van der Waals surface area contributed by atoms with Gasteiger partial charge in [-0.05, 0) is 54.3 Å². The summed E-state index contributed by atoms with van der Waals surface area (Å²) in [5, 5.41) is 35.3. The van der Waals surface area contributed by atoms with E-state index in [2.05, 4.69) is 37.6 Å². The molecule has 7 amide bonds. The van der Waals surface area contributed by atoms with E-state index in [0.717, 1.165) is 30.8 Å². The lowest BCUT2D eigenvalue weighted by atomic mass is 9.96. The van der Waals surface area contributed by atoms with Gasteiger partial charge in [0.15, 0.2) is 0 Å². The molecule has 7 atom stereocenters. The van der Waals surface area contributed by atoms with Crippen LogP contribution in [0.2, 0.25) is 0 Å². The topological polar surface area (TPSA) is 384 Å². The zero-order chi connectivity index (χ0) is 49.5. The average molecular weight is 970 g/mol. The van der Waals surface area contributed by atoms with Crippen molar-refractivity contribution in [2.24, 2.45) is 23.1 Å². The van der Waals surface area contributed by atoms with Crippen LogP contribution in [0, 0.1) is 18.3 Å². The van der Waals surface area contributed by atoms with Crippen molar-refractivity contribution < 1.29 is 53.3 Å². The van der Waals surface area contributed by atoms with E-state index in [4.69, 9.17) is 28.4 Å². The second-order valence-electron chi connectivity index (χ2n) is 15.2. The van der Waals surface area contributed by atoms with Crippen LogP contribution < -0.4 is 59.9 Å². The number of primary amides is 2. The first-order valence-electron chi connectivity index (χ1n) is 20.5. The number of hydrogen-bond donors (Lipinski definition) is 11. The quantitative estimate of drug-likeness (QED) is 0.0566. The van der Waals surface area contributed by atoms with Gasteiger partial charge in [0.1, 0.15) is 54.0 Å². The van der Waals surface area contributed by atoms with Crippen LogP contribution in [0.15, 0.2) is 52.1 Å². The summed E-state index contributed by atoms with van der Waals surface area (Å²) in [5.41, 5.74) is 15.2. The molecule has 7 unspecified atom stereocenters. The van der Waals surface area contributed by atoms with Gasteiger partial charge in [-0.3, -0.25) is 33.6 Å². The predicted molar refractivity (Wildman–Crippen MR) is 244 cm³/mol. The number of aromatic amines is 1. The number of carbonyl (C=O) groups is 8. The van der Waals surface area contributed by atoms with E-state index in [0.29, 0.717) is 5.75 Å². The van der Waals surface area contributed by atoms with E-state index in [1.54, 1.807) is 13.8 Å². The number of phenolic OH excluding ortho intramolecular Hbond substituents is 1. The molecule has 1 fully saturated rings. The summed E-state index contributed by atoms with van der Waals surface area (Å²) in [5.74, 6) is -7.22. The maximum Gasteiger partial charge on any atom is 0.356 e. The molecule has 0 saturated carbocycles. The second kappa shape index (κ2) is 24.3. The lowest BCUT2D eigenvalue weighted by molar-refractivity contribution is -0.141. The number of aromatic hydroxyl groups is 1. The minimum Gasteiger partial charge on any atom is -0.506 e. The van der Waals surface area contributed by atoms with Gasteiger partial charge in [0.05, 0.1) is 18.2 Å².